The molecule has 0 bridgehead atoms. The van der Waals surface area contributed by atoms with Crippen LogP contribution in [0.15, 0.2) is 18.2 Å². The third kappa shape index (κ3) is 4.07. The molecule has 0 radical (unpaired) electrons. The molecule has 1 rings (SSSR count). The Morgan fingerprint density at radius 2 is 2.06 bits per heavy atom. The molecule has 0 amide bonds. The molecule has 0 aliphatic heterocycles. The molecule has 1 aromatic carbocycles. The molecular weight excluding hydrogens is 240 g/mol. The highest BCUT2D eigenvalue weighted by molar-refractivity contribution is 5.70. The third-order valence-corrected chi connectivity index (χ3v) is 2.85. The van der Waals surface area contributed by atoms with Crippen molar-refractivity contribution in [3.63, 3.8) is 0 Å². The van der Waals surface area contributed by atoms with Crippen molar-refractivity contribution in [1.82, 2.24) is 0 Å². The molecule has 1 aromatic rings. The molecule has 100 valence electrons. The van der Waals surface area contributed by atoms with E-state index in [2.05, 4.69) is 0 Å². The Morgan fingerprint density at radius 3 is 2.67 bits per heavy atom. The number of aliphatic carboxylic acids is 1. The van der Waals surface area contributed by atoms with Gasteiger partial charge in [-0.25, -0.2) is 8.78 Å². The second kappa shape index (κ2) is 7.06. The highest BCUT2D eigenvalue weighted by Crippen LogP contribution is 2.19. The molecule has 1 atom stereocenters. The average Bonchev–Trinajstić information content (AvgIpc) is 2.33. The largest absolute Gasteiger partial charge is 0.481 e. The van der Waals surface area contributed by atoms with Crippen molar-refractivity contribution in [2.45, 2.75) is 25.7 Å². The Balaban J connectivity index is 2.71. The summed E-state index contributed by atoms with van der Waals surface area (Å²) in [5.41, 5.74) is 5.44. The summed E-state index contributed by atoms with van der Waals surface area (Å²) in [5.74, 6) is -3.59. The van der Waals surface area contributed by atoms with Gasteiger partial charge >= 0.3 is 5.97 Å². The van der Waals surface area contributed by atoms with E-state index >= 15 is 0 Å². The van der Waals surface area contributed by atoms with Crippen LogP contribution >= 0.6 is 0 Å². The Hall–Kier alpha value is -1.49. The van der Waals surface area contributed by atoms with E-state index in [1.807, 2.05) is 0 Å². The first kappa shape index (κ1) is 14.6. The van der Waals surface area contributed by atoms with Gasteiger partial charge in [0.1, 0.15) is 0 Å². The number of halogens is 2. The van der Waals surface area contributed by atoms with Crippen molar-refractivity contribution in [2.24, 2.45) is 11.7 Å². The van der Waals surface area contributed by atoms with Crippen LogP contribution in [-0.4, -0.2) is 17.6 Å². The van der Waals surface area contributed by atoms with E-state index in [0.29, 0.717) is 19.4 Å². The summed E-state index contributed by atoms with van der Waals surface area (Å²) in [6, 6.07) is 3.81. The zero-order valence-corrected chi connectivity index (χ0v) is 10.0. The summed E-state index contributed by atoms with van der Waals surface area (Å²) in [5, 5.41) is 9.05. The summed E-state index contributed by atoms with van der Waals surface area (Å²) in [6.45, 7) is 0.501. The van der Waals surface area contributed by atoms with E-state index in [9.17, 15) is 13.6 Å². The highest BCUT2D eigenvalue weighted by atomic mass is 19.2. The van der Waals surface area contributed by atoms with Gasteiger partial charge in [-0.2, -0.15) is 0 Å². The summed E-state index contributed by atoms with van der Waals surface area (Å²) >= 11 is 0. The van der Waals surface area contributed by atoms with Gasteiger partial charge in [0.05, 0.1) is 5.92 Å². The number of carboxylic acid groups (broad SMARTS) is 1. The molecule has 0 spiro atoms. The van der Waals surface area contributed by atoms with E-state index in [-0.39, 0.29) is 12.0 Å². The molecule has 0 aliphatic rings. The quantitative estimate of drug-likeness (QED) is 0.737. The lowest BCUT2D eigenvalue weighted by molar-refractivity contribution is -0.142. The van der Waals surface area contributed by atoms with E-state index in [4.69, 9.17) is 10.8 Å². The highest BCUT2D eigenvalue weighted by Gasteiger charge is 2.20. The second-order valence-electron chi connectivity index (χ2n) is 4.24. The summed E-state index contributed by atoms with van der Waals surface area (Å²) in [7, 11) is 0. The van der Waals surface area contributed by atoms with Crippen LogP contribution in [-0.2, 0) is 11.2 Å². The van der Waals surface area contributed by atoms with Crippen LogP contribution in [0.4, 0.5) is 8.78 Å². The zero-order chi connectivity index (χ0) is 13.5. The van der Waals surface area contributed by atoms with Crippen LogP contribution in [0.2, 0.25) is 0 Å². The first-order valence-electron chi connectivity index (χ1n) is 5.92. The number of rotatable bonds is 7. The van der Waals surface area contributed by atoms with Crippen molar-refractivity contribution in [1.29, 1.82) is 0 Å². The molecule has 0 saturated heterocycles. The van der Waals surface area contributed by atoms with Crippen molar-refractivity contribution in [3.8, 4) is 0 Å². The molecule has 3 N–H and O–H groups in total. The van der Waals surface area contributed by atoms with Crippen LogP contribution in [0, 0.1) is 17.6 Å². The van der Waals surface area contributed by atoms with Crippen LogP contribution in [0.1, 0.15) is 24.8 Å². The molecular formula is C13H17F2NO2. The van der Waals surface area contributed by atoms with Gasteiger partial charge in [-0.15, -0.1) is 0 Å². The fourth-order valence-electron chi connectivity index (χ4n) is 1.82. The lowest BCUT2D eigenvalue weighted by Crippen LogP contribution is -2.18. The van der Waals surface area contributed by atoms with Crippen molar-refractivity contribution < 1.29 is 18.7 Å². The van der Waals surface area contributed by atoms with Crippen LogP contribution in [0.5, 0.6) is 0 Å². The van der Waals surface area contributed by atoms with E-state index in [1.54, 1.807) is 0 Å². The number of nitrogens with two attached hydrogens (primary N) is 1. The van der Waals surface area contributed by atoms with E-state index < -0.39 is 23.5 Å². The minimum Gasteiger partial charge on any atom is -0.481 e. The SMILES string of the molecule is NCCCCC(Cc1cccc(F)c1F)C(=O)O. The number of unbranched alkanes of at least 4 members (excludes halogenated alkanes) is 1. The molecule has 18 heavy (non-hydrogen) atoms. The van der Waals surface area contributed by atoms with Gasteiger partial charge in [0.2, 0.25) is 0 Å². The van der Waals surface area contributed by atoms with Gasteiger partial charge in [-0.05, 0) is 37.4 Å². The van der Waals surface area contributed by atoms with Gasteiger partial charge < -0.3 is 10.8 Å². The number of carbonyl (C=O) groups is 1. The normalized spacial score (nSPS) is 12.4. The monoisotopic (exact) mass is 257 g/mol. The molecule has 0 aromatic heterocycles. The van der Waals surface area contributed by atoms with Crippen LogP contribution in [0.25, 0.3) is 0 Å². The minimum atomic E-state index is -0.990. The van der Waals surface area contributed by atoms with Crippen LogP contribution in [0.3, 0.4) is 0 Å². The second-order valence-corrected chi connectivity index (χ2v) is 4.24. The Kier molecular flexibility index (Phi) is 5.71. The predicted molar refractivity (Wildman–Crippen MR) is 64.1 cm³/mol. The summed E-state index contributed by atoms with van der Waals surface area (Å²) < 4.78 is 26.4. The number of hydrogen-bond acceptors (Lipinski definition) is 2. The molecule has 1 unspecified atom stereocenters. The lowest BCUT2D eigenvalue weighted by Gasteiger charge is -2.12. The molecule has 0 fully saturated rings. The smallest absolute Gasteiger partial charge is 0.306 e. The minimum absolute atomic E-state index is 0.00347. The number of benzene rings is 1. The molecule has 0 saturated carbocycles. The molecule has 0 aliphatic carbocycles. The van der Waals surface area contributed by atoms with Crippen molar-refractivity contribution in [2.75, 3.05) is 6.54 Å². The third-order valence-electron chi connectivity index (χ3n) is 2.85. The fourth-order valence-corrected chi connectivity index (χ4v) is 1.82. The molecule has 5 heteroatoms. The maximum Gasteiger partial charge on any atom is 0.306 e. The van der Waals surface area contributed by atoms with E-state index in [0.717, 1.165) is 12.5 Å². The maximum atomic E-state index is 13.4. The first-order valence-corrected chi connectivity index (χ1v) is 5.92. The van der Waals surface area contributed by atoms with Gasteiger partial charge in [0.25, 0.3) is 0 Å². The lowest BCUT2D eigenvalue weighted by atomic mass is 9.94. The van der Waals surface area contributed by atoms with E-state index in [1.165, 1.54) is 12.1 Å². The predicted octanol–water partition coefficient (Wildman–Crippen LogP) is 2.34. The zero-order valence-electron chi connectivity index (χ0n) is 10.0. The maximum absolute atomic E-state index is 13.4. The van der Waals surface area contributed by atoms with Crippen molar-refractivity contribution in [3.05, 3.63) is 35.4 Å². The number of carboxylic acids is 1. The summed E-state index contributed by atoms with van der Waals surface area (Å²) in [6.07, 6.45) is 1.83. The van der Waals surface area contributed by atoms with Gasteiger partial charge in [0, 0.05) is 0 Å². The van der Waals surface area contributed by atoms with Crippen molar-refractivity contribution >= 4 is 5.97 Å². The first-order chi connectivity index (χ1) is 8.56. The topological polar surface area (TPSA) is 63.3 Å². The standard InChI is InChI=1S/C13H17F2NO2/c14-11-6-3-5-9(12(11)15)8-10(13(17)18)4-1-2-7-16/h3,5-6,10H,1-2,4,7-8,16H2,(H,17,18). The average molecular weight is 257 g/mol. The Morgan fingerprint density at radius 1 is 1.33 bits per heavy atom. The Labute approximate surface area is 105 Å². The van der Waals surface area contributed by atoms with Gasteiger partial charge in [-0.3, -0.25) is 4.79 Å². The number of hydrogen-bond donors (Lipinski definition) is 2. The fraction of sp³-hybridized carbons (Fsp3) is 0.462. The van der Waals surface area contributed by atoms with Gasteiger partial charge in [-0.1, -0.05) is 18.6 Å². The summed E-state index contributed by atoms with van der Waals surface area (Å²) in [4.78, 5) is 11.0. The molecule has 3 nitrogen and oxygen atoms in total. The van der Waals surface area contributed by atoms with Gasteiger partial charge in [0.15, 0.2) is 11.6 Å². The van der Waals surface area contributed by atoms with Crippen LogP contribution < -0.4 is 5.73 Å². The Bertz CT molecular complexity index is 410. The molecule has 0 heterocycles.